The lowest BCUT2D eigenvalue weighted by atomic mass is 10.2. The summed E-state index contributed by atoms with van der Waals surface area (Å²) in [4.78, 5) is 16.8. The van der Waals surface area contributed by atoms with Gasteiger partial charge in [0, 0.05) is 6.08 Å². The van der Waals surface area contributed by atoms with Crippen LogP contribution >= 0.6 is 11.3 Å². The number of hydrogen-bond donors (Lipinski definition) is 0. The summed E-state index contributed by atoms with van der Waals surface area (Å²) in [5, 5.41) is 0. The molecule has 3 rings (SSSR count). The van der Waals surface area contributed by atoms with Crippen LogP contribution in [0.2, 0.25) is 0 Å². The molecule has 2 aromatic carbocycles. The molecule has 0 aliphatic rings. The SMILES string of the molecule is C#CCn1c(=NC(=O)C=Cc2ccc(OC)c(OC)c2)sc2cccc(F)c21. The van der Waals surface area contributed by atoms with Crippen LogP contribution in [0, 0.1) is 18.2 Å². The third-order valence-electron chi connectivity index (χ3n) is 3.93. The summed E-state index contributed by atoms with van der Waals surface area (Å²) < 4.78 is 26.8. The monoisotopic (exact) mass is 396 g/mol. The predicted octanol–water partition coefficient (Wildman–Crippen LogP) is 3.63. The van der Waals surface area contributed by atoms with Crippen LogP contribution in [0.4, 0.5) is 4.39 Å². The van der Waals surface area contributed by atoms with Gasteiger partial charge >= 0.3 is 0 Å². The Morgan fingerprint density at radius 2 is 2.07 bits per heavy atom. The maximum absolute atomic E-state index is 14.2. The van der Waals surface area contributed by atoms with Gasteiger partial charge in [-0.05, 0) is 35.9 Å². The average Bonchev–Trinajstić information content (AvgIpc) is 3.04. The van der Waals surface area contributed by atoms with E-state index in [0.717, 1.165) is 5.56 Å². The summed E-state index contributed by atoms with van der Waals surface area (Å²) in [5.74, 6) is 2.74. The summed E-state index contributed by atoms with van der Waals surface area (Å²) in [6.07, 6.45) is 8.35. The topological polar surface area (TPSA) is 52.8 Å². The molecule has 5 nitrogen and oxygen atoms in total. The van der Waals surface area contributed by atoms with Gasteiger partial charge in [0.05, 0.1) is 31.0 Å². The van der Waals surface area contributed by atoms with E-state index < -0.39 is 11.7 Å². The molecule has 0 radical (unpaired) electrons. The van der Waals surface area contributed by atoms with Gasteiger partial charge in [-0.25, -0.2) is 4.39 Å². The van der Waals surface area contributed by atoms with Gasteiger partial charge in [-0.1, -0.05) is 29.4 Å². The molecular formula is C21H17FN2O3S. The molecule has 0 spiro atoms. The number of methoxy groups -OCH3 is 2. The fourth-order valence-electron chi connectivity index (χ4n) is 2.67. The van der Waals surface area contributed by atoms with Crippen LogP contribution in [-0.2, 0) is 11.3 Å². The number of rotatable bonds is 5. The summed E-state index contributed by atoms with van der Waals surface area (Å²) in [6, 6.07) is 10.0. The minimum Gasteiger partial charge on any atom is -0.493 e. The normalized spacial score (nSPS) is 11.7. The molecule has 0 N–H and O–H groups in total. The second-order valence-electron chi connectivity index (χ2n) is 5.66. The smallest absolute Gasteiger partial charge is 0.272 e. The van der Waals surface area contributed by atoms with Crippen molar-refractivity contribution in [1.29, 1.82) is 0 Å². The number of benzene rings is 2. The Labute approximate surface area is 165 Å². The molecule has 1 heterocycles. The van der Waals surface area contributed by atoms with Gasteiger partial charge in [-0.2, -0.15) is 4.99 Å². The highest BCUT2D eigenvalue weighted by molar-refractivity contribution is 7.16. The number of thiazole rings is 1. The molecule has 7 heteroatoms. The Bertz CT molecular complexity index is 1170. The Morgan fingerprint density at radius 1 is 1.29 bits per heavy atom. The van der Waals surface area contributed by atoms with Crippen molar-refractivity contribution in [2.24, 2.45) is 4.99 Å². The molecule has 0 aliphatic heterocycles. The number of carbonyl (C=O) groups excluding carboxylic acids is 1. The summed E-state index contributed by atoms with van der Waals surface area (Å²) in [7, 11) is 3.09. The maximum Gasteiger partial charge on any atom is 0.272 e. The van der Waals surface area contributed by atoms with Crippen LogP contribution in [0.15, 0.2) is 47.5 Å². The number of halogens is 1. The largest absolute Gasteiger partial charge is 0.493 e. The number of aromatic nitrogens is 1. The second-order valence-corrected chi connectivity index (χ2v) is 6.67. The minimum absolute atomic E-state index is 0.117. The molecule has 0 saturated heterocycles. The molecule has 0 atom stereocenters. The zero-order chi connectivity index (χ0) is 20.1. The first-order chi connectivity index (χ1) is 13.6. The average molecular weight is 396 g/mol. The van der Waals surface area contributed by atoms with Crippen LogP contribution < -0.4 is 14.3 Å². The van der Waals surface area contributed by atoms with Crippen LogP contribution in [0.3, 0.4) is 0 Å². The Balaban J connectivity index is 1.95. The quantitative estimate of drug-likeness (QED) is 0.489. The fourth-order valence-corrected chi connectivity index (χ4v) is 3.71. The van der Waals surface area contributed by atoms with E-state index in [-0.39, 0.29) is 6.54 Å². The Kier molecular flexibility index (Phi) is 5.92. The predicted molar refractivity (Wildman–Crippen MR) is 108 cm³/mol. The van der Waals surface area contributed by atoms with Gasteiger partial charge in [0.15, 0.2) is 16.3 Å². The summed E-state index contributed by atoms with van der Waals surface area (Å²) in [5.41, 5.74) is 1.10. The first-order valence-electron chi connectivity index (χ1n) is 8.27. The van der Waals surface area contributed by atoms with Gasteiger partial charge < -0.3 is 14.0 Å². The Hall–Kier alpha value is -3.37. The molecule has 0 saturated carbocycles. The van der Waals surface area contributed by atoms with Crippen molar-refractivity contribution < 1.29 is 18.7 Å². The first-order valence-corrected chi connectivity index (χ1v) is 9.09. The molecule has 1 aromatic heterocycles. The lowest BCUT2D eigenvalue weighted by molar-refractivity contribution is -0.113. The maximum atomic E-state index is 14.2. The van der Waals surface area contributed by atoms with Crippen molar-refractivity contribution in [3.63, 3.8) is 0 Å². The number of terminal acetylenes is 1. The Morgan fingerprint density at radius 3 is 2.79 bits per heavy atom. The van der Waals surface area contributed by atoms with Crippen molar-refractivity contribution in [2.75, 3.05) is 14.2 Å². The van der Waals surface area contributed by atoms with Crippen LogP contribution in [0.5, 0.6) is 11.5 Å². The highest BCUT2D eigenvalue weighted by Crippen LogP contribution is 2.28. The van der Waals surface area contributed by atoms with Gasteiger partial charge in [-0.3, -0.25) is 4.79 Å². The molecule has 0 bridgehead atoms. The molecule has 3 aromatic rings. The van der Waals surface area contributed by atoms with E-state index in [4.69, 9.17) is 15.9 Å². The molecule has 1 amide bonds. The molecular weight excluding hydrogens is 379 g/mol. The summed E-state index contributed by atoms with van der Waals surface area (Å²) in [6.45, 7) is 0.117. The first kappa shape index (κ1) is 19.4. The number of para-hydroxylation sites is 1. The number of carbonyl (C=O) groups is 1. The number of amides is 1. The van der Waals surface area contributed by atoms with E-state index in [1.165, 1.54) is 35.2 Å². The zero-order valence-electron chi connectivity index (χ0n) is 15.3. The van der Waals surface area contributed by atoms with Crippen molar-refractivity contribution in [1.82, 2.24) is 4.57 Å². The van der Waals surface area contributed by atoms with Crippen molar-refractivity contribution in [3.8, 4) is 23.8 Å². The highest BCUT2D eigenvalue weighted by atomic mass is 32.1. The third-order valence-corrected chi connectivity index (χ3v) is 4.98. The van der Waals surface area contributed by atoms with E-state index in [0.29, 0.717) is 26.5 Å². The van der Waals surface area contributed by atoms with Gasteiger partial charge in [-0.15, -0.1) is 6.42 Å². The second kappa shape index (κ2) is 8.55. The fraction of sp³-hybridized carbons (Fsp3) is 0.143. The van der Waals surface area contributed by atoms with Crippen molar-refractivity contribution in [2.45, 2.75) is 6.54 Å². The number of fused-ring (bicyclic) bond motifs is 1. The molecule has 142 valence electrons. The molecule has 0 fully saturated rings. The van der Waals surface area contributed by atoms with E-state index in [1.807, 2.05) is 0 Å². The van der Waals surface area contributed by atoms with Gasteiger partial charge in [0.25, 0.3) is 5.91 Å². The lowest BCUT2D eigenvalue weighted by Crippen LogP contribution is -2.16. The molecule has 0 unspecified atom stereocenters. The summed E-state index contributed by atoms with van der Waals surface area (Å²) >= 11 is 1.21. The number of ether oxygens (including phenoxy) is 2. The third kappa shape index (κ3) is 3.97. The molecule has 28 heavy (non-hydrogen) atoms. The van der Waals surface area contributed by atoms with Crippen LogP contribution in [-0.4, -0.2) is 24.7 Å². The lowest BCUT2D eigenvalue weighted by Gasteiger charge is -2.07. The van der Waals surface area contributed by atoms with Crippen molar-refractivity contribution in [3.05, 3.63) is 58.7 Å². The van der Waals surface area contributed by atoms with Gasteiger partial charge in [0.2, 0.25) is 0 Å². The van der Waals surface area contributed by atoms with E-state index in [1.54, 1.807) is 43.5 Å². The standard InChI is InChI=1S/C21H17FN2O3S/c1-4-12-24-20-15(22)6-5-7-18(20)28-21(24)23-19(25)11-9-14-8-10-16(26-2)17(13-14)27-3/h1,5-11,13H,12H2,2-3H3. The zero-order valence-corrected chi connectivity index (χ0v) is 16.1. The number of nitrogens with zero attached hydrogens (tertiary/aromatic N) is 2. The molecule has 0 aliphatic carbocycles. The van der Waals surface area contributed by atoms with E-state index in [2.05, 4.69) is 10.9 Å². The van der Waals surface area contributed by atoms with Gasteiger partial charge in [0.1, 0.15) is 5.82 Å². The van der Waals surface area contributed by atoms with Crippen LogP contribution in [0.1, 0.15) is 5.56 Å². The highest BCUT2D eigenvalue weighted by Gasteiger charge is 2.10. The van der Waals surface area contributed by atoms with Crippen molar-refractivity contribution >= 4 is 33.5 Å². The van der Waals surface area contributed by atoms with Crippen LogP contribution in [0.25, 0.3) is 16.3 Å². The van der Waals surface area contributed by atoms with E-state index >= 15 is 0 Å². The number of hydrogen-bond acceptors (Lipinski definition) is 4. The van der Waals surface area contributed by atoms with E-state index in [9.17, 15) is 9.18 Å². The minimum atomic E-state index is -0.479.